The number of H-pyrrole nitrogens is 1. The van der Waals surface area contributed by atoms with Crippen LogP contribution in [-0.2, 0) is 7.05 Å². The summed E-state index contributed by atoms with van der Waals surface area (Å²) in [6, 6.07) is 2.98. The molecular formula is C22H28F2N6. The number of piperidine rings is 1. The van der Waals surface area contributed by atoms with Gasteiger partial charge in [0.25, 0.3) is 0 Å². The molecule has 1 saturated heterocycles. The smallest absolute Gasteiger partial charge is 0.151 e. The SMILES string of the molecule is C=C(NC1CCN(CC(C)C)C[C@@H]1F)c1[nH]nc2c(F)cc(-c3cnn(C)c3)cc12. The van der Waals surface area contributed by atoms with E-state index >= 15 is 0 Å². The summed E-state index contributed by atoms with van der Waals surface area (Å²) >= 11 is 0. The minimum absolute atomic E-state index is 0.240. The van der Waals surface area contributed by atoms with Crippen LogP contribution in [0.4, 0.5) is 8.78 Å². The Bertz CT molecular complexity index is 1050. The summed E-state index contributed by atoms with van der Waals surface area (Å²) in [5, 5.41) is 15.0. The molecule has 6 nitrogen and oxygen atoms in total. The number of benzene rings is 1. The van der Waals surface area contributed by atoms with Crippen LogP contribution in [0.25, 0.3) is 27.7 Å². The van der Waals surface area contributed by atoms with Crippen molar-refractivity contribution in [1.82, 2.24) is 30.2 Å². The molecule has 3 heterocycles. The highest BCUT2D eigenvalue weighted by Crippen LogP contribution is 2.30. The van der Waals surface area contributed by atoms with E-state index in [0.717, 1.165) is 18.7 Å². The summed E-state index contributed by atoms with van der Waals surface area (Å²) in [5.74, 6) is 0.0870. The third-order valence-corrected chi connectivity index (χ3v) is 5.56. The van der Waals surface area contributed by atoms with Gasteiger partial charge in [0.05, 0.1) is 23.6 Å². The number of fused-ring (bicyclic) bond motifs is 1. The quantitative estimate of drug-likeness (QED) is 0.645. The molecule has 0 aliphatic carbocycles. The number of aryl methyl sites for hydroxylation is 1. The molecule has 1 unspecified atom stereocenters. The summed E-state index contributed by atoms with van der Waals surface area (Å²) < 4.78 is 31.1. The molecule has 1 aromatic carbocycles. The van der Waals surface area contributed by atoms with Gasteiger partial charge in [-0.05, 0) is 30.0 Å². The van der Waals surface area contributed by atoms with Crippen LogP contribution in [0.3, 0.4) is 0 Å². The van der Waals surface area contributed by atoms with Crippen LogP contribution >= 0.6 is 0 Å². The van der Waals surface area contributed by atoms with E-state index < -0.39 is 12.0 Å². The standard InChI is InChI=1S/C22H28F2N6/c1-13(2)10-30-6-5-20(19(24)12-30)26-14(3)21-17-7-15(16-9-25-29(4)11-16)8-18(23)22(17)28-27-21/h7-9,11,13,19-20,26H,3,5-6,10,12H2,1-2,4H3,(H,27,28)/t19-,20?/m0/s1. The van der Waals surface area contributed by atoms with Crippen molar-refractivity contribution >= 4 is 16.6 Å². The Hall–Kier alpha value is -2.74. The van der Waals surface area contributed by atoms with Crippen LogP contribution in [0.5, 0.6) is 0 Å². The monoisotopic (exact) mass is 414 g/mol. The maximum absolute atomic E-state index is 14.8. The minimum Gasteiger partial charge on any atom is -0.378 e. The molecule has 160 valence electrons. The predicted octanol–water partition coefficient (Wildman–Crippen LogP) is 3.73. The van der Waals surface area contributed by atoms with Gasteiger partial charge < -0.3 is 10.2 Å². The topological polar surface area (TPSA) is 61.8 Å². The van der Waals surface area contributed by atoms with Gasteiger partial charge in [0.15, 0.2) is 5.82 Å². The number of aromatic amines is 1. The fourth-order valence-electron chi connectivity index (χ4n) is 4.15. The van der Waals surface area contributed by atoms with E-state index in [-0.39, 0.29) is 11.6 Å². The molecule has 1 aliphatic heterocycles. The molecular weight excluding hydrogens is 386 g/mol. The highest BCUT2D eigenvalue weighted by atomic mass is 19.1. The van der Waals surface area contributed by atoms with E-state index in [1.807, 2.05) is 19.3 Å². The number of nitrogens with one attached hydrogen (secondary N) is 2. The number of halogens is 2. The number of rotatable bonds is 6. The maximum Gasteiger partial charge on any atom is 0.151 e. The minimum atomic E-state index is -0.994. The number of nitrogens with zero attached hydrogens (tertiary/aromatic N) is 4. The van der Waals surface area contributed by atoms with Gasteiger partial charge in [0.1, 0.15) is 11.7 Å². The van der Waals surface area contributed by atoms with Crippen molar-refractivity contribution in [1.29, 1.82) is 0 Å². The lowest BCUT2D eigenvalue weighted by atomic mass is 10.0. The van der Waals surface area contributed by atoms with Gasteiger partial charge in [-0.2, -0.15) is 10.2 Å². The van der Waals surface area contributed by atoms with Crippen LogP contribution in [0, 0.1) is 11.7 Å². The van der Waals surface area contributed by atoms with Crippen molar-refractivity contribution in [2.45, 2.75) is 32.5 Å². The second kappa shape index (κ2) is 8.18. The fourth-order valence-corrected chi connectivity index (χ4v) is 4.15. The Morgan fingerprint density at radius 1 is 1.37 bits per heavy atom. The first-order chi connectivity index (χ1) is 14.3. The van der Waals surface area contributed by atoms with Crippen molar-refractivity contribution in [3.05, 3.63) is 42.6 Å². The summed E-state index contributed by atoms with van der Waals surface area (Å²) in [6.45, 7) is 10.5. The highest BCUT2D eigenvalue weighted by molar-refractivity contribution is 5.93. The van der Waals surface area contributed by atoms with Gasteiger partial charge in [-0.3, -0.25) is 9.78 Å². The van der Waals surface area contributed by atoms with Crippen molar-refractivity contribution in [3.8, 4) is 11.1 Å². The first kappa shape index (κ1) is 20.5. The second-order valence-corrected chi connectivity index (χ2v) is 8.54. The lowest BCUT2D eigenvalue weighted by Crippen LogP contribution is -2.50. The molecule has 4 rings (SSSR count). The largest absolute Gasteiger partial charge is 0.378 e. The van der Waals surface area contributed by atoms with Crippen molar-refractivity contribution in [2.75, 3.05) is 19.6 Å². The van der Waals surface area contributed by atoms with E-state index in [0.29, 0.717) is 41.2 Å². The normalized spacial score (nSPS) is 20.2. The Balaban J connectivity index is 1.54. The molecule has 3 aromatic rings. The van der Waals surface area contributed by atoms with Crippen molar-refractivity contribution < 1.29 is 8.78 Å². The molecule has 2 N–H and O–H groups in total. The number of likely N-dealkylation sites (tertiary alicyclic amines) is 1. The Morgan fingerprint density at radius 2 is 2.17 bits per heavy atom. The van der Waals surface area contributed by atoms with Crippen LogP contribution in [0.2, 0.25) is 0 Å². The van der Waals surface area contributed by atoms with Gasteiger partial charge in [0.2, 0.25) is 0 Å². The molecule has 1 fully saturated rings. The van der Waals surface area contributed by atoms with Gasteiger partial charge >= 0.3 is 0 Å². The number of hydrogen-bond donors (Lipinski definition) is 2. The van der Waals surface area contributed by atoms with E-state index in [1.165, 1.54) is 6.07 Å². The molecule has 1 aliphatic rings. The third kappa shape index (κ3) is 4.09. The average Bonchev–Trinajstić information content (AvgIpc) is 3.30. The van der Waals surface area contributed by atoms with Gasteiger partial charge in [0, 0.05) is 43.8 Å². The van der Waals surface area contributed by atoms with E-state index in [2.05, 4.69) is 45.9 Å². The molecule has 0 radical (unpaired) electrons. The average molecular weight is 415 g/mol. The highest BCUT2D eigenvalue weighted by Gasteiger charge is 2.30. The van der Waals surface area contributed by atoms with Crippen molar-refractivity contribution in [3.63, 3.8) is 0 Å². The van der Waals surface area contributed by atoms with E-state index in [1.54, 1.807) is 10.9 Å². The zero-order chi connectivity index (χ0) is 21.4. The van der Waals surface area contributed by atoms with Crippen molar-refractivity contribution in [2.24, 2.45) is 13.0 Å². The van der Waals surface area contributed by atoms with Crippen LogP contribution in [-0.4, -0.2) is 56.7 Å². The van der Waals surface area contributed by atoms with Gasteiger partial charge in [-0.25, -0.2) is 8.78 Å². The first-order valence-electron chi connectivity index (χ1n) is 10.3. The Morgan fingerprint density at radius 3 is 2.83 bits per heavy atom. The Labute approximate surface area is 174 Å². The molecule has 0 bridgehead atoms. The maximum atomic E-state index is 14.8. The second-order valence-electron chi connectivity index (χ2n) is 8.54. The zero-order valence-electron chi connectivity index (χ0n) is 17.6. The predicted molar refractivity (Wildman–Crippen MR) is 115 cm³/mol. The lowest BCUT2D eigenvalue weighted by molar-refractivity contribution is 0.102. The summed E-state index contributed by atoms with van der Waals surface area (Å²) in [4.78, 5) is 2.16. The molecule has 30 heavy (non-hydrogen) atoms. The molecule has 8 heteroatoms. The molecule has 0 spiro atoms. The molecule has 0 saturated carbocycles. The third-order valence-electron chi connectivity index (χ3n) is 5.56. The van der Waals surface area contributed by atoms with Crippen LogP contribution in [0.15, 0.2) is 31.1 Å². The van der Waals surface area contributed by atoms with E-state index in [4.69, 9.17) is 0 Å². The fraction of sp³-hybridized carbons (Fsp3) is 0.455. The van der Waals surface area contributed by atoms with Crippen LogP contribution < -0.4 is 5.32 Å². The van der Waals surface area contributed by atoms with Crippen LogP contribution in [0.1, 0.15) is 26.0 Å². The molecule has 2 atom stereocenters. The Kier molecular flexibility index (Phi) is 5.60. The summed E-state index contributed by atoms with van der Waals surface area (Å²) in [6.07, 6.45) is 3.21. The lowest BCUT2D eigenvalue weighted by Gasteiger charge is -2.36. The van der Waals surface area contributed by atoms with Gasteiger partial charge in [-0.1, -0.05) is 20.4 Å². The molecule has 2 aromatic heterocycles. The van der Waals surface area contributed by atoms with E-state index in [9.17, 15) is 8.78 Å². The number of hydrogen-bond acceptors (Lipinski definition) is 4. The zero-order valence-corrected chi connectivity index (χ0v) is 17.6. The van der Waals surface area contributed by atoms with Gasteiger partial charge in [-0.15, -0.1) is 0 Å². The first-order valence-corrected chi connectivity index (χ1v) is 10.3. The summed E-state index contributed by atoms with van der Waals surface area (Å²) in [5.41, 5.74) is 2.85. The summed E-state index contributed by atoms with van der Waals surface area (Å²) in [7, 11) is 1.81. The number of aromatic nitrogens is 4. The molecule has 0 amide bonds. The number of alkyl halides is 1.